The SMILES string of the molecule is Cc1nnc(Sc2ncccc2Br)c(C(N)=NO)c1C. The van der Waals surface area contributed by atoms with Gasteiger partial charge in [0.25, 0.3) is 0 Å². The van der Waals surface area contributed by atoms with Crippen LogP contribution in [0.1, 0.15) is 16.8 Å². The van der Waals surface area contributed by atoms with Crippen molar-refractivity contribution >= 4 is 33.5 Å². The number of aromatic nitrogens is 3. The fraction of sp³-hybridized carbons (Fsp3) is 0.167. The number of aryl methyl sites for hydroxylation is 1. The van der Waals surface area contributed by atoms with Crippen LogP contribution in [-0.2, 0) is 0 Å². The van der Waals surface area contributed by atoms with Crippen molar-refractivity contribution in [3.05, 3.63) is 39.6 Å². The highest BCUT2D eigenvalue weighted by atomic mass is 79.9. The molecular formula is C12H12BrN5OS. The molecule has 0 saturated carbocycles. The molecule has 0 unspecified atom stereocenters. The molecule has 3 N–H and O–H groups in total. The van der Waals surface area contributed by atoms with Crippen LogP contribution < -0.4 is 5.73 Å². The van der Waals surface area contributed by atoms with Gasteiger partial charge in [-0.15, -0.1) is 5.10 Å². The maximum absolute atomic E-state index is 8.93. The van der Waals surface area contributed by atoms with Crippen molar-refractivity contribution in [2.75, 3.05) is 0 Å². The van der Waals surface area contributed by atoms with Crippen molar-refractivity contribution in [1.29, 1.82) is 0 Å². The Morgan fingerprint density at radius 1 is 1.35 bits per heavy atom. The molecule has 0 bridgehead atoms. The fourth-order valence-corrected chi connectivity index (χ4v) is 2.95. The lowest BCUT2D eigenvalue weighted by Gasteiger charge is -2.11. The summed E-state index contributed by atoms with van der Waals surface area (Å²) in [6, 6.07) is 3.71. The maximum Gasteiger partial charge on any atom is 0.173 e. The molecule has 0 aliphatic heterocycles. The van der Waals surface area contributed by atoms with Crippen LogP contribution in [0.3, 0.4) is 0 Å². The van der Waals surface area contributed by atoms with Crippen molar-refractivity contribution in [1.82, 2.24) is 15.2 Å². The molecule has 8 heteroatoms. The second kappa shape index (κ2) is 6.19. The zero-order valence-electron chi connectivity index (χ0n) is 10.8. The Kier molecular flexibility index (Phi) is 4.56. The number of amidine groups is 1. The van der Waals surface area contributed by atoms with Crippen LogP contribution >= 0.6 is 27.7 Å². The van der Waals surface area contributed by atoms with E-state index in [1.54, 1.807) is 6.20 Å². The average Bonchev–Trinajstić information content (AvgIpc) is 2.45. The van der Waals surface area contributed by atoms with Crippen LogP contribution in [0.5, 0.6) is 0 Å². The zero-order chi connectivity index (χ0) is 14.7. The molecule has 20 heavy (non-hydrogen) atoms. The van der Waals surface area contributed by atoms with E-state index < -0.39 is 0 Å². The van der Waals surface area contributed by atoms with Gasteiger partial charge in [-0.25, -0.2) is 4.98 Å². The predicted molar refractivity (Wildman–Crippen MR) is 80.1 cm³/mol. The monoisotopic (exact) mass is 353 g/mol. The van der Waals surface area contributed by atoms with E-state index in [9.17, 15) is 0 Å². The van der Waals surface area contributed by atoms with Gasteiger partial charge in [-0.3, -0.25) is 0 Å². The smallest absolute Gasteiger partial charge is 0.173 e. The quantitative estimate of drug-likeness (QED) is 0.380. The standard InChI is InChI=1S/C12H12BrN5OS/c1-6-7(2)16-17-12(9(6)10(14)18-19)20-11-8(13)4-3-5-15-11/h3-5,19H,1-2H3,(H2,14,18). The number of halogens is 1. The van der Waals surface area contributed by atoms with Gasteiger partial charge < -0.3 is 10.9 Å². The summed E-state index contributed by atoms with van der Waals surface area (Å²) in [6.45, 7) is 3.68. The largest absolute Gasteiger partial charge is 0.409 e. The van der Waals surface area contributed by atoms with Gasteiger partial charge in [0.15, 0.2) is 5.84 Å². The minimum Gasteiger partial charge on any atom is -0.409 e. The summed E-state index contributed by atoms with van der Waals surface area (Å²) < 4.78 is 0.843. The summed E-state index contributed by atoms with van der Waals surface area (Å²) in [6.07, 6.45) is 1.69. The van der Waals surface area contributed by atoms with Gasteiger partial charge in [0.05, 0.1) is 15.7 Å². The van der Waals surface area contributed by atoms with E-state index in [-0.39, 0.29) is 5.84 Å². The van der Waals surface area contributed by atoms with Gasteiger partial charge in [-0.1, -0.05) is 5.16 Å². The third kappa shape index (κ3) is 2.91. The Morgan fingerprint density at radius 2 is 2.10 bits per heavy atom. The third-order valence-corrected chi connectivity index (χ3v) is 4.60. The molecule has 104 valence electrons. The Morgan fingerprint density at radius 3 is 2.75 bits per heavy atom. The van der Waals surface area contributed by atoms with Gasteiger partial charge >= 0.3 is 0 Å². The van der Waals surface area contributed by atoms with Crippen LogP contribution in [0.25, 0.3) is 0 Å². The lowest BCUT2D eigenvalue weighted by atomic mass is 10.1. The molecule has 2 aromatic rings. The van der Waals surface area contributed by atoms with Gasteiger partial charge in [0, 0.05) is 6.20 Å². The number of nitrogens with zero attached hydrogens (tertiary/aromatic N) is 4. The Bertz CT molecular complexity index is 677. The van der Waals surface area contributed by atoms with Crippen molar-refractivity contribution < 1.29 is 5.21 Å². The van der Waals surface area contributed by atoms with Crippen LogP contribution in [0.2, 0.25) is 0 Å². The molecule has 2 rings (SSSR count). The first-order valence-corrected chi connectivity index (χ1v) is 7.25. The molecule has 0 spiro atoms. The normalized spacial score (nSPS) is 11.7. The van der Waals surface area contributed by atoms with E-state index in [0.29, 0.717) is 10.6 Å². The van der Waals surface area contributed by atoms with E-state index in [2.05, 4.69) is 36.3 Å². The number of pyridine rings is 1. The number of hydrogen-bond acceptors (Lipinski definition) is 6. The van der Waals surface area contributed by atoms with Crippen LogP contribution in [-0.4, -0.2) is 26.2 Å². The van der Waals surface area contributed by atoms with Crippen molar-refractivity contribution in [3.8, 4) is 0 Å². The van der Waals surface area contributed by atoms with E-state index in [0.717, 1.165) is 20.8 Å². The summed E-state index contributed by atoms with van der Waals surface area (Å²) in [4.78, 5) is 4.26. The first-order chi connectivity index (χ1) is 9.54. The highest BCUT2D eigenvalue weighted by Gasteiger charge is 2.17. The van der Waals surface area contributed by atoms with Crippen LogP contribution in [0.4, 0.5) is 0 Å². The lowest BCUT2D eigenvalue weighted by Crippen LogP contribution is -2.18. The van der Waals surface area contributed by atoms with Crippen LogP contribution in [0, 0.1) is 13.8 Å². The topological polar surface area (TPSA) is 97.3 Å². The van der Waals surface area contributed by atoms with Gasteiger partial charge in [0.1, 0.15) is 10.1 Å². The van der Waals surface area contributed by atoms with Crippen molar-refractivity contribution in [2.24, 2.45) is 10.9 Å². The number of nitrogens with two attached hydrogens (primary N) is 1. The molecule has 0 radical (unpaired) electrons. The first-order valence-electron chi connectivity index (χ1n) is 5.64. The number of hydrogen-bond donors (Lipinski definition) is 2. The summed E-state index contributed by atoms with van der Waals surface area (Å²) in [7, 11) is 0. The fourth-order valence-electron chi connectivity index (χ4n) is 1.55. The zero-order valence-corrected chi connectivity index (χ0v) is 13.2. The molecule has 0 aromatic carbocycles. The van der Waals surface area contributed by atoms with E-state index in [4.69, 9.17) is 10.9 Å². The Hall–Kier alpha value is -1.67. The van der Waals surface area contributed by atoms with Gasteiger partial charge in [-0.05, 0) is 59.2 Å². The minimum atomic E-state index is 0.00931. The van der Waals surface area contributed by atoms with E-state index >= 15 is 0 Å². The number of oxime groups is 1. The molecule has 6 nitrogen and oxygen atoms in total. The lowest BCUT2D eigenvalue weighted by molar-refractivity contribution is 0.318. The molecule has 0 amide bonds. The van der Waals surface area contributed by atoms with E-state index in [1.165, 1.54) is 11.8 Å². The van der Waals surface area contributed by atoms with Gasteiger partial charge in [-0.2, -0.15) is 5.10 Å². The summed E-state index contributed by atoms with van der Waals surface area (Å²) in [5, 5.41) is 21.5. The Labute approximate surface area is 128 Å². The minimum absolute atomic E-state index is 0.00931. The highest BCUT2D eigenvalue weighted by Crippen LogP contribution is 2.33. The summed E-state index contributed by atoms with van der Waals surface area (Å²) in [5.41, 5.74) is 7.87. The molecule has 0 fully saturated rings. The number of rotatable bonds is 3. The summed E-state index contributed by atoms with van der Waals surface area (Å²) in [5.74, 6) is 0.00931. The molecule has 0 saturated heterocycles. The first kappa shape index (κ1) is 14.7. The van der Waals surface area contributed by atoms with E-state index in [1.807, 2.05) is 26.0 Å². The molecule has 0 atom stereocenters. The Balaban J connectivity index is 2.53. The average molecular weight is 354 g/mol. The second-order valence-corrected chi connectivity index (χ2v) is 5.80. The van der Waals surface area contributed by atoms with Crippen molar-refractivity contribution in [2.45, 2.75) is 23.9 Å². The van der Waals surface area contributed by atoms with Gasteiger partial charge in [0.2, 0.25) is 0 Å². The second-order valence-electron chi connectivity index (χ2n) is 3.97. The highest BCUT2D eigenvalue weighted by molar-refractivity contribution is 9.10. The maximum atomic E-state index is 8.93. The van der Waals surface area contributed by atoms with Crippen molar-refractivity contribution in [3.63, 3.8) is 0 Å². The predicted octanol–water partition coefficient (Wildman–Crippen LogP) is 2.50. The molecular weight excluding hydrogens is 342 g/mol. The molecule has 0 aliphatic carbocycles. The molecule has 2 aromatic heterocycles. The molecule has 0 aliphatic rings. The third-order valence-electron chi connectivity index (χ3n) is 2.70. The summed E-state index contributed by atoms with van der Waals surface area (Å²) >= 11 is 4.73. The molecule has 2 heterocycles. The van der Waals surface area contributed by atoms with Crippen LogP contribution in [0.15, 0.2) is 38.0 Å².